The van der Waals surface area contributed by atoms with Crippen LogP contribution in [0.1, 0.15) is 28.5 Å². The van der Waals surface area contributed by atoms with Crippen LogP contribution in [-0.4, -0.2) is 43.8 Å². The molecule has 5 rings (SSSR count). The van der Waals surface area contributed by atoms with Crippen LogP contribution in [0.25, 0.3) is 17.3 Å². The fraction of sp³-hybridized carbons (Fsp3) is 0.200. The van der Waals surface area contributed by atoms with E-state index in [1.54, 1.807) is 29.3 Å². The maximum absolute atomic E-state index is 13.0. The van der Waals surface area contributed by atoms with Crippen molar-refractivity contribution in [1.29, 1.82) is 0 Å². The van der Waals surface area contributed by atoms with Gasteiger partial charge in [-0.15, -0.1) is 0 Å². The quantitative estimate of drug-likeness (QED) is 0.544. The van der Waals surface area contributed by atoms with E-state index in [4.69, 9.17) is 8.94 Å². The summed E-state index contributed by atoms with van der Waals surface area (Å²) in [6, 6.07) is 12.9. The molecule has 0 bridgehead atoms. The van der Waals surface area contributed by atoms with Gasteiger partial charge in [0.2, 0.25) is 0 Å². The van der Waals surface area contributed by atoms with E-state index in [0.717, 1.165) is 12.1 Å². The number of carbonyl (C=O) groups is 1. The topological polar surface area (TPSA) is 90.2 Å². The molecule has 1 aliphatic rings. The first-order chi connectivity index (χ1) is 13.8. The van der Waals surface area contributed by atoms with Gasteiger partial charge in [-0.05, 0) is 42.8 Å². The lowest BCUT2D eigenvalue weighted by atomic mass is 10.1. The molecule has 0 radical (unpaired) electrons. The van der Waals surface area contributed by atoms with Crippen LogP contribution in [0.2, 0.25) is 0 Å². The van der Waals surface area contributed by atoms with Crippen molar-refractivity contribution in [2.24, 2.45) is 0 Å². The number of amides is 1. The Labute approximate surface area is 160 Å². The number of likely N-dealkylation sites (tertiary alicyclic amines) is 1. The van der Waals surface area contributed by atoms with Crippen LogP contribution in [0, 0.1) is 0 Å². The number of nitrogens with zero attached hydrogens (tertiary/aromatic N) is 5. The molecule has 28 heavy (non-hydrogen) atoms. The first-order valence-corrected chi connectivity index (χ1v) is 9.05. The molecule has 1 aromatic carbocycles. The van der Waals surface area contributed by atoms with Crippen LogP contribution in [0.15, 0.2) is 70.1 Å². The van der Waals surface area contributed by atoms with Gasteiger partial charge in [-0.25, -0.2) is 4.68 Å². The number of rotatable bonds is 4. The van der Waals surface area contributed by atoms with E-state index in [1.807, 2.05) is 41.4 Å². The SMILES string of the molecule is O=C(c1cccc(-n2cccn2)c1)N1CCC(c2noc(-c3ccco3)n2)C1. The minimum atomic E-state index is -0.00809. The molecular weight excluding hydrogens is 358 g/mol. The van der Waals surface area contributed by atoms with Crippen LogP contribution in [0.5, 0.6) is 0 Å². The van der Waals surface area contributed by atoms with Crippen molar-refractivity contribution in [3.8, 4) is 17.3 Å². The smallest absolute Gasteiger partial charge is 0.293 e. The number of furan rings is 1. The molecular formula is C20H17N5O3. The third-order valence-corrected chi connectivity index (χ3v) is 4.88. The highest BCUT2D eigenvalue weighted by Crippen LogP contribution is 2.28. The van der Waals surface area contributed by atoms with E-state index in [9.17, 15) is 4.79 Å². The molecule has 0 saturated carbocycles. The van der Waals surface area contributed by atoms with Crippen LogP contribution in [-0.2, 0) is 0 Å². The summed E-state index contributed by atoms with van der Waals surface area (Å²) in [4.78, 5) is 19.2. The lowest BCUT2D eigenvalue weighted by Crippen LogP contribution is -2.28. The molecule has 140 valence electrons. The third-order valence-electron chi connectivity index (χ3n) is 4.88. The Morgan fingerprint density at radius 1 is 1.18 bits per heavy atom. The Kier molecular flexibility index (Phi) is 4.01. The second-order valence-corrected chi connectivity index (χ2v) is 6.67. The van der Waals surface area contributed by atoms with Gasteiger partial charge in [0.1, 0.15) is 0 Å². The van der Waals surface area contributed by atoms with Crippen LogP contribution < -0.4 is 0 Å². The minimum absolute atomic E-state index is 0.00809. The van der Waals surface area contributed by atoms with Crippen molar-refractivity contribution in [3.05, 3.63) is 72.5 Å². The zero-order chi connectivity index (χ0) is 18.9. The summed E-state index contributed by atoms with van der Waals surface area (Å²) >= 11 is 0. The van der Waals surface area contributed by atoms with Crippen molar-refractivity contribution in [1.82, 2.24) is 24.8 Å². The lowest BCUT2D eigenvalue weighted by Gasteiger charge is -2.16. The first-order valence-electron chi connectivity index (χ1n) is 9.05. The van der Waals surface area contributed by atoms with Crippen molar-refractivity contribution < 1.29 is 13.7 Å². The molecule has 1 amide bonds. The Morgan fingerprint density at radius 2 is 2.14 bits per heavy atom. The predicted molar refractivity (Wildman–Crippen MR) is 98.8 cm³/mol. The molecule has 1 saturated heterocycles. The van der Waals surface area contributed by atoms with Gasteiger partial charge in [-0.3, -0.25) is 4.79 Å². The average molecular weight is 375 g/mol. The Hall–Kier alpha value is -3.68. The Bertz CT molecular complexity index is 1080. The highest BCUT2D eigenvalue weighted by atomic mass is 16.5. The number of aromatic nitrogens is 4. The summed E-state index contributed by atoms with van der Waals surface area (Å²) in [5.74, 6) is 1.54. The summed E-state index contributed by atoms with van der Waals surface area (Å²) in [5, 5.41) is 8.29. The van der Waals surface area contributed by atoms with Crippen LogP contribution >= 0.6 is 0 Å². The highest BCUT2D eigenvalue weighted by molar-refractivity contribution is 5.95. The van der Waals surface area contributed by atoms with Gasteiger partial charge in [0.15, 0.2) is 11.6 Å². The van der Waals surface area contributed by atoms with Gasteiger partial charge in [-0.2, -0.15) is 10.1 Å². The molecule has 0 N–H and O–H groups in total. The molecule has 0 spiro atoms. The first kappa shape index (κ1) is 16.5. The van der Waals surface area contributed by atoms with Crippen molar-refractivity contribution >= 4 is 5.91 Å². The maximum atomic E-state index is 13.0. The van der Waals surface area contributed by atoms with E-state index < -0.39 is 0 Å². The molecule has 8 heteroatoms. The second kappa shape index (κ2) is 6.80. The van der Waals surface area contributed by atoms with E-state index >= 15 is 0 Å². The molecule has 0 aliphatic carbocycles. The van der Waals surface area contributed by atoms with E-state index in [0.29, 0.717) is 36.1 Å². The third kappa shape index (κ3) is 2.98. The van der Waals surface area contributed by atoms with Gasteiger partial charge in [-0.1, -0.05) is 11.2 Å². The average Bonchev–Trinajstić information content (AvgIpc) is 3.52. The van der Waals surface area contributed by atoms with Gasteiger partial charge in [0.25, 0.3) is 11.8 Å². The fourth-order valence-electron chi connectivity index (χ4n) is 3.44. The Morgan fingerprint density at radius 3 is 2.96 bits per heavy atom. The maximum Gasteiger partial charge on any atom is 0.293 e. The standard InChI is InChI=1S/C20H17N5O3/c26-20(14-4-1-5-16(12-14)25-9-3-8-21-25)24-10-7-15(13-24)18-22-19(28-23-18)17-6-2-11-27-17/h1-6,8-9,11-12,15H,7,10,13H2. The van der Waals surface area contributed by atoms with Crippen molar-refractivity contribution in [2.45, 2.75) is 12.3 Å². The van der Waals surface area contributed by atoms with Crippen molar-refractivity contribution in [2.75, 3.05) is 13.1 Å². The van der Waals surface area contributed by atoms with E-state index in [1.165, 1.54) is 0 Å². The van der Waals surface area contributed by atoms with E-state index in [-0.39, 0.29) is 11.8 Å². The van der Waals surface area contributed by atoms with Gasteiger partial charge >= 0.3 is 0 Å². The number of hydrogen-bond donors (Lipinski definition) is 0. The predicted octanol–water partition coefficient (Wildman–Crippen LogP) is 3.15. The van der Waals surface area contributed by atoms with Gasteiger partial charge in [0.05, 0.1) is 12.0 Å². The number of benzene rings is 1. The number of carbonyl (C=O) groups excluding carboxylic acids is 1. The molecule has 8 nitrogen and oxygen atoms in total. The zero-order valence-corrected chi connectivity index (χ0v) is 14.9. The molecule has 1 fully saturated rings. The second-order valence-electron chi connectivity index (χ2n) is 6.67. The summed E-state index contributed by atoms with van der Waals surface area (Å²) in [6.07, 6.45) is 5.91. The minimum Gasteiger partial charge on any atom is -0.459 e. The summed E-state index contributed by atoms with van der Waals surface area (Å²) in [6.45, 7) is 1.21. The largest absolute Gasteiger partial charge is 0.459 e. The van der Waals surface area contributed by atoms with Gasteiger partial charge < -0.3 is 13.8 Å². The monoisotopic (exact) mass is 375 g/mol. The molecule has 4 aromatic rings. The molecule has 1 aliphatic heterocycles. The zero-order valence-electron chi connectivity index (χ0n) is 14.9. The van der Waals surface area contributed by atoms with Crippen molar-refractivity contribution in [3.63, 3.8) is 0 Å². The molecule has 1 atom stereocenters. The lowest BCUT2D eigenvalue weighted by molar-refractivity contribution is 0.0790. The van der Waals surface area contributed by atoms with Crippen LogP contribution in [0.4, 0.5) is 0 Å². The number of hydrogen-bond acceptors (Lipinski definition) is 6. The summed E-state index contributed by atoms with van der Waals surface area (Å²) in [5.41, 5.74) is 1.49. The molecule has 1 unspecified atom stereocenters. The normalized spacial score (nSPS) is 16.6. The molecule has 3 aromatic heterocycles. The Balaban J connectivity index is 1.31. The highest BCUT2D eigenvalue weighted by Gasteiger charge is 2.31. The van der Waals surface area contributed by atoms with Gasteiger partial charge in [0, 0.05) is 37.0 Å². The molecule has 4 heterocycles. The fourth-order valence-corrected chi connectivity index (χ4v) is 3.44. The summed E-state index contributed by atoms with van der Waals surface area (Å²) < 4.78 is 12.3. The van der Waals surface area contributed by atoms with E-state index in [2.05, 4.69) is 15.2 Å². The van der Waals surface area contributed by atoms with Crippen LogP contribution in [0.3, 0.4) is 0 Å². The summed E-state index contributed by atoms with van der Waals surface area (Å²) in [7, 11) is 0.